The average Bonchev–Trinajstić information content (AvgIpc) is 2.39. The van der Waals surface area contributed by atoms with Crippen molar-refractivity contribution in [1.82, 2.24) is 0 Å². The lowest BCUT2D eigenvalue weighted by atomic mass is 10.1. The predicted molar refractivity (Wildman–Crippen MR) is 74.0 cm³/mol. The van der Waals surface area contributed by atoms with Gasteiger partial charge in [0, 0.05) is 5.56 Å². The van der Waals surface area contributed by atoms with Crippen LogP contribution in [0, 0.1) is 12.7 Å². The van der Waals surface area contributed by atoms with Crippen molar-refractivity contribution in [2.75, 3.05) is 5.75 Å². The fraction of sp³-hybridized carbons (Fsp3) is 0.133. The number of benzene rings is 2. The lowest BCUT2D eigenvalue weighted by Crippen LogP contribution is -2.17. The van der Waals surface area contributed by atoms with Crippen molar-refractivity contribution < 1.29 is 17.6 Å². The summed E-state index contributed by atoms with van der Waals surface area (Å²) in [5, 5.41) is 0. The third-order valence-electron chi connectivity index (χ3n) is 2.87. The van der Waals surface area contributed by atoms with Gasteiger partial charge in [0.15, 0.2) is 15.6 Å². The van der Waals surface area contributed by atoms with Crippen LogP contribution in [0.5, 0.6) is 0 Å². The molecular weight excluding hydrogens is 279 g/mol. The van der Waals surface area contributed by atoms with E-state index >= 15 is 0 Å². The number of hydrogen-bond donors (Lipinski definition) is 0. The summed E-state index contributed by atoms with van der Waals surface area (Å²) in [7, 11) is -3.97. The molecule has 0 spiro atoms. The van der Waals surface area contributed by atoms with Crippen molar-refractivity contribution in [3.05, 3.63) is 65.5 Å². The first-order chi connectivity index (χ1) is 9.40. The molecule has 0 radical (unpaired) electrons. The summed E-state index contributed by atoms with van der Waals surface area (Å²) in [4.78, 5) is 11.5. The van der Waals surface area contributed by atoms with E-state index in [1.165, 1.54) is 12.1 Å². The maximum Gasteiger partial charge on any atom is 0.188 e. The third-order valence-corrected chi connectivity index (χ3v) is 4.51. The number of carbonyl (C=O) groups is 1. The van der Waals surface area contributed by atoms with Crippen LogP contribution in [0.25, 0.3) is 0 Å². The average molecular weight is 292 g/mol. The van der Waals surface area contributed by atoms with Gasteiger partial charge in [-0.2, -0.15) is 0 Å². The summed E-state index contributed by atoms with van der Waals surface area (Å²) in [6, 6.07) is 11.6. The molecule has 0 saturated carbocycles. The van der Waals surface area contributed by atoms with Gasteiger partial charge in [0.2, 0.25) is 0 Å². The second kappa shape index (κ2) is 5.54. The van der Waals surface area contributed by atoms with Crippen molar-refractivity contribution in [3.8, 4) is 0 Å². The Bertz CT molecular complexity index is 734. The van der Waals surface area contributed by atoms with Gasteiger partial charge in [0.05, 0.1) is 0 Å². The van der Waals surface area contributed by atoms with Crippen molar-refractivity contribution in [1.29, 1.82) is 0 Å². The van der Waals surface area contributed by atoms with Crippen molar-refractivity contribution in [3.63, 3.8) is 0 Å². The Balaban J connectivity index is 2.27. The van der Waals surface area contributed by atoms with Crippen LogP contribution in [-0.2, 0) is 9.84 Å². The topological polar surface area (TPSA) is 51.2 Å². The number of rotatable bonds is 4. The van der Waals surface area contributed by atoms with E-state index < -0.39 is 32.1 Å². The van der Waals surface area contributed by atoms with Crippen molar-refractivity contribution >= 4 is 15.6 Å². The van der Waals surface area contributed by atoms with Crippen LogP contribution in [-0.4, -0.2) is 20.0 Å². The Labute approximate surface area is 117 Å². The van der Waals surface area contributed by atoms with Crippen LogP contribution in [0.1, 0.15) is 15.9 Å². The summed E-state index contributed by atoms with van der Waals surface area (Å²) in [6.07, 6.45) is 0. The van der Waals surface area contributed by atoms with Gasteiger partial charge in [0.1, 0.15) is 16.5 Å². The maximum absolute atomic E-state index is 13.5. The molecule has 0 aliphatic carbocycles. The van der Waals surface area contributed by atoms with Gasteiger partial charge >= 0.3 is 0 Å². The molecule has 0 atom stereocenters. The fourth-order valence-corrected chi connectivity index (χ4v) is 3.09. The molecule has 0 N–H and O–H groups in total. The van der Waals surface area contributed by atoms with E-state index in [2.05, 4.69) is 0 Å². The molecule has 2 aromatic carbocycles. The molecule has 0 aliphatic heterocycles. The Morgan fingerprint density at radius 3 is 2.25 bits per heavy atom. The Morgan fingerprint density at radius 2 is 1.65 bits per heavy atom. The van der Waals surface area contributed by atoms with E-state index in [-0.39, 0.29) is 0 Å². The molecule has 2 rings (SSSR count). The molecule has 0 unspecified atom stereocenters. The van der Waals surface area contributed by atoms with Crippen LogP contribution in [0.15, 0.2) is 53.4 Å². The van der Waals surface area contributed by atoms with Gasteiger partial charge in [-0.15, -0.1) is 0 Å². The van der Waals surface area contributed by atoms with Gasteiger partial charge in [-0.3, -0.25) is 4.79 Å². The second-order valence-corrected chi connectivity index (χ2v) is 6.44. The van der Waals surface area contributed by atoms with E-state index in [1.807, 2.05) is 6.92 Å². The number of sulfone groups is 1. The second-order valence-electron chi connectivity index (χ2n) is 4.48. The molecule has 5 heteroatoms. The molecule has 0 aliphatic rings. The van der Waals surface area contributed by atoms with E-state index in [9.17, 15) is 17.6 Å². The van der Waals surface area contributed by atoms with Gasteiger partial charge in [-0.05, 0) is 19.1 Å². The van der Waals surface area contributed by atoms with E-state index in [0.717, 1.165) is 17.7 Å². The zero-order chi connectivity index (χ0) is 14.8. The highest BCUT2D eigenvalue weighted by molar-refractivity contribution is 7.92. The number of hydrogen-bond acceptors (Lipinski definition) is 3. The number of Topliss-reactive ketones (excluding diaryl/α,β-unsaturated/α-hetero) is 1. The monoisotopic (exact) mass is 292 g/mol. The van der Waals surface area contributed by atoms with E-state index in [4.69, 9.17) is 0 Å². The van der Waals surface area contributed by atoms with Gasteiger partial charge in [0.25, 0.3) is 0 Å². The first-order valence-electron chi connectivity index (χ1n) is 5.97. The Morgan fingerprint density at radius 1 is 1.05 bits per heavy atom. The first kappa shape index (κ1) is 14.4. The lowest BCUT2D eigenvalue weighted by Gasteiger charge is -2.05. The Kier molecular flexibility index (Phi) is 3.99. The third kappa shape index (κ3) is 3.11. The lowest BCUT2D eigenvalue weighted by molar-refractivity contribution is 0.102. The van der Waals surface area contributed by atoms with Crippen molar-refractivity contribution in [2.24, 2.45) is 0 Å². The standard InChI is InChI=1S/C15H13FO3S/c1-11-6-8-12(9-7-11)14(17)10-20(18,19)15-5-3-2-4-13(15)16/h2-9H,10H2,1H3. The van der Waals surface area contributed by atoms with Crippen LogP contribution >= 0.6 is 0 Å². The number of aryl methyl sites for hydroxylation is 1. The van der Waals surface area contributed by atoms with E-state index in [0.29, 0.717) is 5.56 Å². The first-order valence-corrected chi connectivity index (χ1v) is 7.62. The van der Waals surface area contributed by atoms with Crippen LogP contribution in [0.3, 0.4) is 0 Å². The minimum absolute atomic E-state index is 0.301. The molecular formula is C15H13FO3S. The van der Waals surface area contributed by atoms with Crippen LogP contribution < -0.4 is 0 Å². The predicted octanol–water partition coefficient (Wildman–Crippen LogP) is 2.79. The molecule has 20 heavy (non-hydrogen) atoms. The molecule has 2 aromatic rings. The summed E-state index contributed by atoms with van der Waals surface area (Å²) in [5.41, 5.74) is 1.27. The van der Waals surface area contributed by atoms with Gasteiger partial charge in [-0.1, -0.05) is 42.0 Å². The largest absolute Gasteiger partial charge is 0.293 e. The van der Waals surface area contributed by atoms with Gasteiger partial charge < -0.3 is 0 Å². The molecule has 0 fully saturated rings. The summed E-state index contributed by atoms with van der Waals surface area (Å²) in [5.74, 6) is -2.13. The molecule has 104 valence electrons. The zero-order valence-corrected chi connectivity index (χ0v) is 11.7. The van der Waals surface area contributed by atoms with E-state index in [1.54, 1.807) is 24.3 Å². The SMILES string of the molecule is Cc1ccc(C(=O)CS(=O)(=O)c2ccccc2F)cc1. The number of ketones is 1. The smallest absolute Gasteiger partial charge is 0.188 e. The van der Waals surface area contributed by atoms with Crippen molar-refractivity contribution in [2.45, 2.75) is 11.8 Å². The Hall–Kier alpha value is -2.01. The molecule has 0 heterocycles. The fourth-order valence-electron chi connectivity index (χ4n) is 1.77. The highest BCUT2D eigenvalue weighted by Gasteiger charge is 2.23. The summed E-state index contributed by atoms with van der Waals surface area (Å²) < 4.78 is 37.6. The number of halogens is 1. The number of carbonyl (C=O) groups excluding carboxylic acids is 1. The molecule has 0 aromatic heterocycles. The summed E-state index contributed by atoms with van der Waals surface area (Å²) >= 11 is 0. The quantitative estimate of drug-likeness (QED) is 0.814. The minimum Gasteiger partial charge on any atom is -0.293 e. The molecule has 3 nitrogen and oxygen atoms in total. The minimum atomic E-state index is -3.97. The summed E-state index contributed by atoms with van der Waals surface area (Å²) in [6.45, 7) is 1.87. The van der Waals surface area contributed by atoms with Crippen LogP contribution in [0.4, 0.5) is 4.39 Å². The molecule has 0 amide bonds. The maximum atomic E-state index is 13.5. The highest BCUT2D eigenvalue weighted by Crippen LogP contribution is 2.16. The highest BCUT2D eigenvalue weighted by atomic mass is 32.2. The zero-order valence-electron chi connectivity index (χ0n) is 10.8. The normalized spacial score (nSPS) is 11.3. The molecule has 0 bridgehead atoms. The van der Waals surface area contributed by atoms with Gasteiger partial charge in [-0.25, -0.2) is 12.8 Å². The van der Waals surface area contributed by atoms with Crippen LogP contribution in [0.2, 0.25) is 0 Å². The molecule has 0 saturated heterocycles.